The zero-order chi connectivity index (χ0) is 22.5. The zero-order valence-corrected chi connectivity index (χ0v) is 19.0. The summed E-state index contributed by atoms with van der Waals surface area (Å²) < 4.78 is 26.8. The molecule has 0 spiro atoms. The van der Waals surface area contributed by atoms with E-state index in [-0.39, 0.29) is 6.04 Å². The number of halogens is 2. The normalized spacial score (nSPS) is 20.0. The third-order valence-electron chi connectivity index (χ3n) is 6.53. The van der Waals surface area contributed by atoms with E-state index < -0.39 is 11.6 Å². The zero-order valence-electron chi connectivity index (χ0n) is 19.0. The number of anilines is 2. The van der Waals surface area contributed by atoms with E-state index in [9.17, 15) is 8.78 Å². The van der Waals surface area contributed by atoms with Gasteiger partial charge in [0.15, 0.2) is 17.6 Å². The van der Waals surface area contributed by atoms with Gasteiger partial charge >= 0.3 is 0 Å². The van der Waals surface area contributed by atoms with Gasteiger partial charge in [-0.15, -0.1) is 0 Å². The molecule has 2 aliphatic heterocycles. The summed E-state index contributed by atoms with van der Waals surface area (Å²) in [4.78, 5) is 8.95. The Balaban J connectivity index is 1.29. The second-order valence-corrected chi connectivity index (χ2v) is 8.81. The van der Waals surface area contributed by atoms with E-state index in [1.807, 2.05) is 0 Å². The minimum absolute atomic E-state index is 0.131. The Bertz CT molecular complexity index is 942. The molecule has 2 saturated heterocycles. The number of nitrogens with zero attached hydrogens (tertiary/aromatic N) is 3. The molecule has 0 amide bonds. The average molecular weight is 442 g/mol. The first-order valence-corrected chi connectivity index (χ1v) is 11.6. The van der Waals surface area contributed by atoms with Gasteiger partial charge in [-0.25, -0.2) is 8.78 Å². The van der Waals surface area contributed by atoms with E-state index in [1.54, 1.807) is 13.1 Å². The summed E-state index contributed by atoms with van der Waals surface area (Å²) in [5, 5.41) is 6.94. The summed E-state index contributed by atoms with van der Waals surface area (Å²) in [5.74, 6) is -0.414. The molecular formula is C25H33F2N5. The first kappa shape index (κ1) is 22.4. The molecule has 2 aromatic carbocycles. The van der Waals surface area contributed by atoms with Gasteiger partial charge in [-0.3, -0.25) is 4.99 Å². The van der Waals surface area contributed by atoms with Crippen molar-refractivity contribution in [2.45, 2.75) is 32.2 Å². The van der Waals surface area contributed by atoms with Crippen LogP contribution in [0.15, 0.2) is 47.5 Å². The van der Waals surface area contributed by atoms with Crippen molar-refractivity contribution >= 4 is 17.3 Å². The predicted molar refractivity (Wildman–Crippen MR) is 127 cm³/mol. The van der Waals surface area contributed by atoms with Crippen LogP contribution in [0.25, 0.3) is 0 Å². The first-order chi connectivity index (χ1) is 15.5. The molecule has 0 saturated carbocycles. The summed E-state index contributed by atoms with van der Waals surface area (Å²) in [7, 11) is 1.78. The van der Waals surface area contributed by atoms with Gasteiger partial charge < -0.3 is 20.4 Å². The number of hydrogen-bond donors (Lipinski definition) is 2. The summed E-state index contributed by atoms with van der Waals surface area (Å²) in [5.41, 5.74) is 3.27. The van der Waals surface area contributed by atoms with E-state index in [1.165, 1.54) is 36.2 Å². The lowest BCUT2D eigenvalue weighted by Crippen LogP contribution is -2.41. The summed E-state index contributed by atoms with van der Waals surface area (Å²) in [6, 6.07) is 13.0. The van der Waals surface area contributed by atoms with Crippen LogP contribution in [0, 0.1) is 17.6 Å². The molecule has 2 aliphatic rings. The van der Waals surface area contributed by atoms with Crippen LogP contribution >= 0.6 is 0 Å². The highest BCUT2D eigenvalue weighted by molar-refractivity contribution is 5.80. The molecule has 4 rings (SSSR count). The lowest BCUT2D eigenvalue weighted by molar-refractivity contribution is 0.508. The molecule has 2 heterocycles. The van der Waals surface area contributed by atoms with Crippen molar-refractivity contribution in [3.8, 4) is 0 Å². The van der Waals surface area contributed by atoms with E-state index >= 15 is 0 Å². The molecule has 2 N–H and O–H groups in total. The molecule has 0 radical (unpaired) electrons. The van der Waals surface area contributed by atoms with Gasteiger partial charge in [0.1, 0.15) is 0 Å². The largest absolute Gasteiger partial charge is 0.372 e. The average Bonchev–Trinajstić information content (AvgIpc) is 3.51. The molecule has 0 aliphatic carbocycles. The Morgan fingerprint density at radius 2 is 1.81 bits per heavy atom. The summed E-state index contributed by atoms with van der Waals surface area (Å²) in [6.07, 6.45) is 3.53. The van der Waals surface area contributed by atoms with Crippen LogP contribution < -0.4 is 20.4 Å². The fraction of sp³-hybridized carbons (Fsp3) is 0.480. The third-order valence-corrected chi connectivity index (χ3v) is 6.53. The third kappa shape index (κ3) is 5.31. The van der Waals surface area contributed by atoms with Crippen molar-refractivity contribution in [3.05, 3.63) is 59.7 Å². The Hall–Kier alpha value is -2.83. The highest BCUT2D eigenvalue weighted by Gasteiger charge is 2.24. The Labute approximate surface area is 189 Å². The van der Waals surface area contributed by atoms with Crippen LogP contribution in [0.5, 0.6) is 0 Å². The second kappa shape index (κ2) is 10.2. The summed E-state index contributed by atoms with van der Waals surface area (Å²) in [6.45, 7) is 6.84. The Morgan fingerprint density at radius 1 is 1.03 bits per heavy atom. The minimum atomic E-state index is -0.805. The van der Waals surface area contributed by atoms with E-state index in [0.29, 0.717) is 5.92 Å². The van der Waals surface area contributed by atoms with Gasteiger partial charge in [0.2, 0.25) is 0 Å². The highest BCUT2D eigenvalue weighted by Crippen LogP contribution is 2.26. The van der Waals surface area contributed by atoms with Gasteiger partial charge in [0.25, 0.3) is 0 Å². The van der Waals surface area contributed by atoms with Gasteiger partial charge in [0, 0.05) is 57.2 Å². The van der Waals surface area contributed by atoms with E-state index in [2.05, 4.69) is 56.6 Å². The molecule has 0 aromatic heterocycles. The number of guanidine groups is 1. The predicted octanol–water partition coefficient (Wildman–Crippen LogP) is 4.32. The van der Waals surface area contributed by atoms with Crippen LogP contribution in [-0.4, -0.2) is 45.7 Å². The fourth-order valence-electron chi connectivity index (χ4n) is 4.61. The maximum Gasteiger partial charge on any atom is 0.191 e. The molecular weight excluding hydrogens is 408 g/mol. The molecule has 2 unspecified atom stereocenters. The van der Waals surface area contributed by atoms with Crippen LogP contribution in [0.2, 0.25) is 0 Å². The fourth-order valence-corrected chi connectivity index (χ4v) is 4.61. The molecule has 172 valence electrons. The number of rotatable bonds is 6. The van der Waals surface area contributed by atoms with E-state index in [0.717, 1.165) is 50.8 Å². The van der Waals surface area contributed by atoms with Crippen LogP contribution in [0.4, 0.5) is 20.2 Å². The monoisotopic (exact) mass is 441 g/mol. The minimum Gasteiger partial charge on any atom is -0.372 e. The number of nitrogens with one attached hydrogen (secondary N) is 2. The van der Waals surface area contributed by atoms with Crippen molar-refractivity contribution < 1.29 is 8.78 Å². The maximum absolute atomic E-state index is 13.6. The van der Waals surface area contributed by atoms with Crippen molar-refractivity contribution in [3.63, 3.8) is 0 Å². The van der Waals surface area contributed by atoms with E-state index in [4.69, 9.17) is 0 Å². The highest BCUT2D eigenvalue weighted by atomic mass is 19.2. The maximum atomic E-state index is 13.6. The Kier molecular flexibility index (Phi) is 7.12. The lowest BCUT2D eigenvalue weighted by Gasteiger charge is -2.23. The molecule has 2 fully saturated rings. The van der Waals surface area contributed by atoms with Crippen molar-refractivity contribution in [2.24, 2.45) is 10.9 Å². The molecule has 2 aromatic rings. The van der Waals surface area contributed by atoms with Crippen molar-refractivity contribution in [1.82, 2.24) is 10.6 Å². The number of hydrogen-bond acceptors (Lipinski definition) is 3. The first-order valence-electron chi connectivity index (χ1n) is 11.6. The van der Waals surface area contributed by atoms with Crippen LogP contribution in [-0.2, 0) is 0 Å². The molecule has 5 nitrogen and oxygen atoms in total. The van der Waals surface area contributed by atoms with Crippen molar-refractivity contribution in [2.75, 3.05) is 49.6 Å². The smallest absolute Gasteiger partial charge is 0.191 e. The lowest BCUT2D eigenvalue weighted by atomic mass is 10.1. The van der Waals surface area contributed by atoms with Crippen molar-refractivity contribution in [1.29, 1.82) is 0 Å². The van der Waals surface area contributed by atoms with Gasteiger partial charge in [-0.2, -0.15) is 0 Å². The standard InChI is InChI=1S/C25H33F2N5/c1-18(20-6-5-7-21(14-20)31-11-3-4-12-31)30-25(28-2)29-16-19-10-13-32(17-19)22-8-9-23(26)24(27)15-22/h5-9,14-15,18-19H,3-4,10-13,16-17H2,1-2H3,(H2,28,29,30). The second-order valence-electron chi connectivity index (χ2n) is 8.81. The number of benzene rings is 2. The molecule has 7 heteroatoms. The topological polar surface area (TPSA) is 42.9 Å². The van der Waals surface area contributed by atoms with Crippen LogP contribution in [0.1, 0.15) is 37.8 Å². The molecule has 0 bridgehead atoms. The van der Waals surface area contributed by atoms with Gasteiger partial charge in [-0.1, -0.05) is 12.1 Å². The quantitative estimate of drug-likeness (QED) is 0.518. The SMILES string of the molecule is CN=C(NCC1CCN(c2ccc(F)c(F)c2)C1)NC(C)c1cccc(N2CCCC2)c1. The summed E-state index contributed by atoms with van der Waals surface area (Å²) >= 11 is 0. The van der Waals surface area contributed by atoms with Crippen LogP contribution in [0.3, 0.4) is 0 Å². The molecule has 2 atom stereocenters. The molecule has 32 heavy (non-hydrogen) atoms. The van der Waals surface area contributed by atoms with Gasteiger partial charge in [-0.05, 0) is 61.9 Å². The Morgan fingerprint density at radius 3 is 2.56 bits per heavy atom. The number of aliphatic imine (C=N–C) groups is 1. The van der Waals surface area contributed by atoms with Gasteiger partial charge in [0.05, 0.1) is 6.04 Å².